The van der Waals surface area contributed by atoms with Crippen LogP contribution < -0.4 is 15.4 Å². The van der Waals surface area contributed by atoms with E-state index in [1.807, 2.05) is 17.8 Å². The summed E-state index contributed by atoms with van der Waals surface area (Å²) in [6.45, 7) is 3.63. The van der Waals surface area contributed by atoms with Crippen LogP contribution in [0.5, 0.6) is 5.75 Å². The summed E-state index contributed by atoms with van der Waals surface area (Å²) in [4.78, 5) is 4.25. The predicted octanol–water partition coefficient (Wildman–Crippen LogP) is 2.25. The van der Waals surface area contributed by atoms with E-state index in [9.17, 15) is 0 Å². The average Bonchev–Trinajstić information content (AvgIpc) is 2.97. The molecule has 1 aromatic carbocycles. The molecule has 2 rings (SSSR count). The molecule has 0 fully saturated rings. The Bertz CT molecular complexity index is 661. The predicted molar refractivity (Wildman–Crippen MR) is 95.0 cm³/mol. The molecule has 0 saturated carbocycles. The smallest absolute Gasteiger partial charge is 0.191 e. The molecule has 0 spiro atoms. The fourth-order valence-corrected chi connectivity index (χ4v) is 2.42. The van der Waals surface area contributed by atoms with Gasteiger partial charge in [0.25, 0.3) is 0 Å². The zero-order valence-electron chi connectivity index (χ0n) is 14.4. The van der Waals surface area contributed by atoms with E-state index in [4.69, 9.17) is 4.74 Å². The average molecular weight is 314 g/mol. The van der Waals surface area contributed by atoms with Gasteiger partial charge in [-0.05, 0) is 42.2 Å². The zero-order chi connectivity index (χ0) is 16.7. The number of benzene rings is 1. The van der Waals surface area contributed by atoms with Crippen molar-refractivity contribution in [2.75, 3.05) is 20.7 Å². The molecule has 5 heteroatoms. The summed E-state index contributed by atoms with van der Waals surface area (Å²) < 4.78 is 7.40. The van der Waals surface area contributed by atoms with Gasteiger partial charge in [0.2, 0.25) is 0 Å². The van der Waals surface area contributed by atoms with E-state index in [1.54, 1.807) is 14.2 Å². The fourth-order valence-electron chi connectivity index (χ4n) is 2.42. The van der Waals surface area contributed by atoms with Crippen LogP contribution in [-0.2, 0) is 20.0 Å². The van der Waals surface area contributed by atoms with Crippen LogP contribution in [0.4, 0.5) is 0 Å². The molecule has 23 heavy (non-hydrogen) atoms. The van der Waals surface area contributed by atoms with E-state index in [0.717, 1.165) is 36.8 Å². The second-order valence-electron chi connectivity index (χ2n) is 5.59. The lowest BCUT2D eigenvalue weighted by Gasteiger charge is -2.12. The number of guanidine groups is 1. The molecule has 0 radical (unpaired) electrons. The van der Waals surface area contributed by atoms with E-state index < -0.39 is 0 Å². The van der Waals surface area contributed by atoms with Gasteiger partial charge >= 0.3 is 0 Å². The summed E-state index contributed by atoms with van der Waals surface area (Å²) in [5, 5.41) is 6.66. The topological polar surface area (TPSA) is 50.6 Å². The SMILES string of the molecule is CN=C(NCCc1ccc(C)c(OC)c1)NCc1ccn(C)c1. The first-order valence-corrected chi connectivity index (χ1v) is 7.81. The van der Waals surface area contributed by atoms with Crippen LogP contribution in [0.2, 0.25) is 0 Å². The molecule has 0 aliphatic carbocycles. The molecule has 0 bridgehead atoms. The molecule has 0 atom stereocenters. The quantitative estimate of drug-likeness (QED) is 0.635. The minimum Gasteiger partial charge on any atom is -0.496 e. The minimum atomic E-state index is 0.763. The lowest BCUT2D eigenvalue weighted by molar-refractivity contribution is 0.411. The van der Waals surface area contributed by atoms with Crippen molar-refractivity contribution < 1.29 is 4.74 Å². The van der Waals surface area contributed by atoms with Gasteiger partial charge in [-0.25, -0.2) is 0 Å². The van der Waals surface area contributed by atoms with Crippen LogP contribution in [0, 0.1) is 6.92 Å². The summed E-state index contributed by atoms with van der Waals surface area (Å²) in [6, 6.07) is 8.42. The maximum Gasteiger partial charge on any atom is 0.191 e. The normalized spacial score (nSPS) is 11.4. The lowest BCUT2D eigenvalue weighted by atomic mass is 10.1. The van der Waals surface area contributed by atoms with Crippen LogP contribution in [0.15, 0.2) is 41.7 Å². The number of aliphatic imine (C=N–C) groups is 1. The summed E-state index contributed by atoms with van der Waals surface area (Å²) in [5.74, 6) is 1.75. The van der Waals surface area contributed by atoms with Crippen LogP contribution in [0.25, 0.3) is 0 Å². The monoisotopic (exact) mass is 314 g/mol. The van der Waals surface area contributed by atoms with E-state index in [-0.39, 0.29) is 0 Å². The third-order valence-electron chi connectivity index (χ3n) is 3.76. The highest BCUT2D eigenvalue weighted by atomic mass is 16.5. The standard InChI is InChI=1S/C18H26N4O/c1-14-5-6-15(11-17(14)23-4)7-9-20-18(19-2)21-12-16-8-10-22(3)13-16/h5-6,8,10-11,13H,7,9,12H2,1-4H3,(H2,19,20,21). The zero-order valence-corrected chi connectivity index (χ0v) is 14.4. The van der Waals surface area contributed by atoms with Gasteiger partial charge in [-0.3, -0.25) is 4.99 Å². The van der Waals surface area contributed by atoms with E-state index in [0.29, 0.717) is 0 Å². The van der Waals surface area contributed by atoms with Gasteiger partial charge in [0.15, 0.2) is 5.96 Å². The summed E-state index contributed by atoms with van der Waals surface area (Å²) in [5.41, 5.74) is 3.64. The summed E-state index contributed by atoms with van der Waals surface area (Å²) in [6.07, 6.45) is 5.06. The Hall–Kier alpha value is -2.43. The van der Waals surface area contributed by atoms with Crippen molar-refractivity contribution in [3.05, 3.63) is 53.3 Å². The van der Waals surface area contributed by atoms with Crippen LogP contribution in [0.1, 0.15) is 16.7 Å². The molecule has 0 aliphatic heterocycles. The van der Waals surface area contributed by atoms with Gasteiger partial charge in [-0.2, -0.15) is 0 Å². The second kappa shape index (κ2) is 8.27. The lowest BCUT2D eigenvalue weighted by Crippen LogP contribution is -2.37. The molecular formula is C18H26N4O. The Morgan fingerprint density at radius 1 is 1.22 bits per heavy atom. The van der Waals surface area contributed by atoms with Gasteiger partial charge < -0.3 is 19.9 Å². The van der Waals surface area contributed by atoms with Crippen molar-refractivity contribution in [2.24, 2.45) is 12.0 Å². The number of hydrogen-bond acceptors (Lipinski definition) is 2. The highest BCUT2D eigenvalue weighted by molar-refractivity contribution is 5.79. The van der Waals surface area contributed by atoms with Crippen molar-refractivity contribution in [2.45, 2.75) is 19.9 Å². The molecule has 124 valence electrons. The molecule has 1 aromatic heterocycles. The number of methoxy groups -OCH3 is 1. The number of aromatic nitrogens is 1. The van der Waals surface area contributed by atoms with Crippen LogP contribution in [0.3, 0.4) is 0 Å². The summed E-state index contributed by atoms with van der Waals surface area (Å²) >= 11 is 0. The largest absolute Gasteiger partial charge is 0.496 e. The van der Waals surface area contributed by atoms with Gasteiger partial charge in [0, 0.05) is 39.6 Å². The van der Waals surface area contributed by atoms with E-state index in [1.165, 1.54) is 11.1 Å². The third kappa shape index (κ3) is 5.06. The molecule has 5 nitrogen and oxygen atoms in total. The Balaban J connectivity index is 1.79. The first-order valence-electron chi connectivity index (χ1n) is 7.81. The molecule has 0 unspecified atom stereocenters. The maximum absolute atomic E-state index is 5.37. The molecule has 0 amide bonds. The van der Waals surface area contributed by atoms with Gasteiger partial charge in [0.05, 0.1) is 7.11 Å². The number of rotatable bonds is 6. The van der Waals surface area contributed by atoms with Crippen molar-refractivity contribution in [3.63, 3.8) is 0 Å². The van der Waals surface area contributed by atoms with Crippen molar-refractivity contribution in [1.82, 2.24) is 15.2 Å². The third-order valence-corrected chi connectivity index (χ3v) is 3.76. The van der Waals surface area contributed by atoms with Crippen molar-refractivity contribution >= 4 is 5.96 Å². The molecule has 2 N–H and O–H groups in total. The van der Waals surface area contributed by atoms with Gasteiger partial charge in [0.1, 0.15) is 5.75 Å². The first-order chi connectivity index (χ1) is 11.1. The number of nitrogens with one attached hydrogen (secondary N) is 2. The highest BCUT2D eigenvalue weighted by Gasteiger charge is 2.02. The molecule has 1 heterocycles. The fraction of sp³-hybridized carbons (Fsp3) is 0.389. The Kier molecular flexibility index (Phi) is 6.09. The van der Waals surface area contributed by atoms with E-state index >= 15 is 0 Å². The van der Waals surface area contributed by atoms with Crippen molar-refractivity contribution in [1.29, 1.82) is 0 Å². The molecule has 0 aliphatic rings. The number of nitrogens with zero attached hydrogens (tertiary/aromatic N) is 2. The molecule has 0 saturated heterocycles. The van der Waals surface area contributed by atoms with E-state index in [2.05, 4.69) is 53.0 Å². The first kappa shape index (κ1) is 16.9. The minimum absolute atomic E-state index is 0.763. The van der Waals surface area contributed by atoms with Crippen LogP contribution in [-0.4, -0.2) is 31.2 Å². The second-order valence-corrected chi connectivity index (χ2v) is 5.59. The Morgan fingerprint density at radius 3 is 2.70 bits per heavy atom. The van der Waals surface area contributed by atoms with Gasteiger partial charge in [-0.1, -0.05) is 12.1 Å². The van der Waals surface area contributed by atoms with Crippen molar-refractivity contribution in [3.8, 4) is 5.75 Å². The molecular weight excluding hydrogens is 288 g/mol. The van der Waals surface area contributed by atoms with Crippen LogP contribution >= 0.6 is 0 Å². The molecule has 2 aromatic rings. The Labute approximate surface area is 138 Å². The maximum atomic E-state index is 5.37. The van der Waals surface area contributed by atoms with Gasteiger partial charge in [-0.15, -0.1) is 0 Å². The number of aryl methyl sites for hydroxylation is 2. The summed E-state index contributed by atoms with van der Waals surface area (Å²) in [7, 11) is 5.52. The highest BCUT2D eigenvalue weighted by Crippen LogP contribution is 2.18. The number of ether oxygens (including phenoxy) is 1. The number of hydrogen-bond donors (Lipinski definition) is 2. The Morgan fingerprint density at radius 2 is 2.04 bits per heavy atom.